The number of nitro benzene ring substituents is 2. The monoisotopic (exact) mass is 718 g/mol. The molecule has 17 nitrogen and oxygen atoms in total. The van der Waals surface area contributed by atoms with E-state index in [1.807, 2.05) is 0 Å². The number of piperazine rings is 1. The number of hydrogen-bond donors (Lipinski definition) is 3. The van der Waals surface area contributed by atoms with E-state index < -0.39 is 33.5 Å². The first-order valence-corrected chi connectivity index (χ1v) is 16.5. The number of nitro groups is 2. The van der Waals surface area contributed by atoms with E-state index in [4.69, 9.17) is 19.3 Å². The van der Waals surface area contributed by atoms with Crippen molar-refractivity contribution in [2.24, 2.45) is 0 Å². The van der Waals surface area contributed by atoms with Gasteiger partial charge in [0.2, 0.25) is 0 Å². The van der Waals surface area contributed by atoms with Gasteiger partial charge >= 0.3 is 18.0 Å². The van der Waals surface area contributed by atoms with Crippen molar-refractivity contribution in [3.05, 3.63) is 98.2 Å². The Kier molecular flexibility index (Phi) is 11.5. The molecule has 274 valence electrons. The lowest BCUT2D eigenvalue weighted by atomic mass is 10.1. The van der Waals surface area contributed by atoms with Gasteiger partial charge in [-0.3, -0.25) is 25.1 Å². The molecule has 0 saturated carbocycles. The summed E-state index contributed by atoms with van der Waals surface area (Å²) in [6, 6.07) is 16.4. The van der Waals surface area contributed by atoms with Gasteiger partial charge in [0.15, 0.2) is 0 Å². The van der Waals surface area contributed by atoms with Crippen LogP contribution in [0.4, 0.5) is 21.9 Å². The summed E-state index contributed by atoms with van der Waals surface area (Å²) >= 11 is 0. The fraction of sp³-hybridized carbons (Fsp3) is 0.343. The van der Waals surface area contributed by atoms with Crippen molar-refractivity contribution >= 4 is 46.0 Å². The first-order valence-electron chi connectivity index (χ1n) is 16.5. The van der Waals surface area contributed by atoms with Gasteiger partial charge in [-0.2, -0.15) is 0 Å². The molecule has 1 saturated heterocycles. The van der Waals surface area contributed by atoms with Crippen LogP contribution in [0.1, 0.15) is 47.5 Å². The Labute approximate surface area is 297 Å². The molecule has 0 spiro atoms. The van der Waals surface area contributed by atoms with Gasteiger partial charge < -0.3 is 34.5 Å². The third kappa shape index (κ3) is 9.72. The van der Waals surface area contributed by atoms with Gasteiger partial charge in [-0.1, -0.05) is 0 Å². The summed E-state index contributed by atoms with van der Waals surface area (Å²) in [5.74, 6) is -0.644. The smallest absolute Gasteiger partial charge is 0.410 e. The van der Waals surface area contributed by atoms with Crippen molar-refractivity contribution in [3.63, 3.8) is 0 Å². The molecule has 0 aliphatic carbocycles. The van der Waals surface area contributed by atoms with Gasteiger partial charge in [-0.25, -0.2) is 14.4 Å². The second-order valence-electron chi connectivity index (χ2n) is 12.7. The fourth-order valence-electron chi connectivity index (χ4n) is 5.51. The van der Waals surface area contributed by atoms with E-state index in [9.17, 15) is 34.6 Å². The summed E-state index contributed by atoms with van der Waals surface area (Å²) in [6.45, 7) is 6.75. The van der Waals surface area contributed by atoms with Crippen molar-refractivity contribution in [3.8, 4) is 11.5 Å². The molecule has 1 aliphatic rings. The molecular weight excluding hydrogens is 680 g/mol. The number of aromatic carboxylic acids is 1. The molecule has 0 radical (unpaired) electrons. The normalized spacial score (nSPS) is 13.4. The second-order valence-corrected chi connectivity index (χ2v) is 12.7. The summed E-state index contributed by atoms with van der Waals surface area (Å²) in [6.07, 6.45) is 0.461. The summed E-state index contributed by atoms with van der Waals surface area (Å²) in [5.41, 5.74) is -0.366. The Bertz CT molecular complexity index is 1950. The molecule has 1 amide bonds. The van der Waals surface area contributed by atoms with Crippen LogP contribution in [0.15, 0.2) is 66.7 Å². The lowest BCUT2D eigenvalue weighted by Gasteiger charge is -2.36. The molecule has 1 aromatic heterocycles. The lowest BCUT2D eigenvalue weighted by molar-refractivity contribution is -0.393. The van der Waals surface area contributed by atoms with Gasteiger partial charge in [0.25, 0.3) is 11.4 Å². The number of carbonyl (C=O) groups excluding carboxylic acids is 2. The van der Waals surface area contributed by atoms with Crippen LogP contribution < -0.4 is 10.1 Å². The number of carbonyl (C=O) groups is 3. The largest absolute Gasteiger partial charge is 0.478 e. The summed E-state index contributed by atoms with van der Waals surface area (Å²) in [5, 5.41) is 35.1. The number of nitrogens with one attached hydrogen (secondary N) is 2. The third-order valence-corrected chi connectivity index (χ3v) is 8.44. The van der Waals surface area contributed by atoms with Crippen molar-refractivity contribution < 1.29 is 43.5 Å². The molecule has 17 heteroatoms. The van der Waals surface area contributed by atoms with Crippen LogP contribution in [0.2, 0.25) is 0 Å². The summed E-state index contributed by atoms with van der Waals surface area (Å²) in [4.78, 5) is 64.5. The average Bonchev–Trinajstić information content (AvgIpc) is 3.54. The van der Waals surface area contributed by atoms with E-state index in [2.05, 4.69) is 15.2 Å². The second kappa shape index (κ2) is 16.2. The highest BCUT2D eigenvalue weighted by atomic mass is 16.6. The zero-order chi connectivity index (χ0) is 37.4. The number of benzene rings is 3. The number of aromatic amines is 1. The number of aromatic nitrogens is 1. The highest BCUT2D eigenvalue weighted by Gasteiger charge is 2.29. The predicted molar refractivity (Wildman–Crippen MR) is 188 cm³/mol. The first kappa shape index (κ1) is 37.0. The molecule has 0 unspecified atom stereocenters. The number of nitrogens with zero attached hydrogens (tertiary/aromatic N) is 4. The fourth-order valence-corrected chi connectivity index (χ4v) is 5.51. The molecule has 3 N–H and O–H groups in total. The number of carboxylic acid groups (broad SMARTS) is 1. The molecule has 3 aromatic carbocycles. The number of esters is 1. The van der Waals surface area contributed by atoms with Crippen LogP contribution in [0, 0.1) is 20.2 Å². The summed E-state index contributed by atoms with van der Waals surface area (Å²) < 4.78 is 17.0. The van der Waals surface area contributed by atoms with Crippen molar-refractivity contribution in [1.29, 1.82) is 0 Å². The van der Waals surface area contributed by atoms with Gasteiger partial charge in [0, 0.05) is 62.2 Å². The molecule has 0 atom stereocenters. The molecule has 52 heavy (non-hydrogen) atoms. The zero-order valence-corrected chi connectivity index (χ0v) is 28.5. The van der Waals surface area contributed by atoms with Crippen molar-refractivity contribution in [2.75, 3.05) is 51.2 Å². The van der Waals surface area contributed by atoms with Gasteiger partial charge in [-0.15, -0.1) is 0 Å². The number of fused-ring (bicyclic) bond motifs is 1. The van der Waals surface area contributed by atoms with Gasteiger partial charge in [0.1, 0.15) is 28.5 Å². The van der Waals surface area contributed by atoms with E-state index in [1.165, 1.54) is 24.3 Å². The quantitative estimate of drug-likeness (QED) is 0.0552. The minimum Gasteiger partial charge on any atom is -0.478 e. The van der Waals surface area contributed by atoms with E-state index in [0.717, 1.165) is 11.5 Å². The van der Waals surface area contributed by atoms with Gasteiger partial charge in [-0.05, 0) is 75.3 Å². The maximum atomic E-state index is 12.9. The SMILES string of the molecule is CC(C)(CCOC(=O)c1cc2ccc(Oc3ccc(C(=O)O)cc3)cc2[nH]1)OC(=O)N1CCN(CCCNc2ccc([N+](=O)[O-])cc2[N+](=O)[O-])CC1. The number of amides is 1. The topological polar surface area (TPSA) is 220 Å². The number of non-ortho nitro benzene ring substituents is 1. The molecule has 0 bridgehead atoms. The Morgan fingerprint density at radius 2 is 1.63 bits per heavy atom. The standard InChI is InChI=1S/C35H38N6O11/c1-35(2,12-19-50-33(44)30-20-24-6-10-27(22-29(24)37-30)51-26-8-4-23(5-9-26)32(42)43)52-34(45)39-17-15-38(16-18-39)14-3-13-36-28-11-7-25(40(46)47)21-31(28)41(48)49/h4-11,20-22,36-37H,3,12-19H2,1-2H3,(H,42,43). The number of rotatable bonds is 15. The first-order chi connectivity index (χ1) is 24.8. The molecular formula is C35H38N6O11. The number of hydrogen-bond acceptors (Lipinski definition) is 12. The Morgan fingerprint density at radius 1 is 0.923 bits per heavy atom. The molecule has 1 aliphatic heterocycles. The maximum Gasteiger partial charge on any atom is 0.410 e. The average molecular weight is 719 g/mol. The Balaban J connectivity index is 1.01. The van der Waals surface area contributed by atoms with Crippen molar-refractivity contribution in [1.82, 2.24) is 14.8 Å². The summed E-state index contributed by atoms with van der Waals surface area (Å²) in [7, 11) is 0. The Hall–Kier alpha value is -6.23. The minimum absolute atomic E-state index is 0.0139. The number of carboxylic acids is 1. The maximum absolute atomic E-state index is 12.9. The molecule has 5 rings (SSSR count). The third-order valence-electron chi connectivity index (χ3n) is 8.44. The van der Waals surface area contributed by atoms with Crippen molar-refractivity contribution in [2.45, 2.75) is 32.3 Å². The number of H-pyrrole nitrogens is 1. The van der Waals surface area contributed by atoms with E-state index in [0.29, 0.717) is 62.7 Å². The number of anilines is 1. The minimum atomic E-state index is -1.03. The van der Waals surface area contributed by atoms with Crippen LogP contribution in [-0.4, -0.2) is 99.2 Å². The Morgan fingerprint density at radius 3 is 2.31 bits per heavy atom. The molecule has 2 heterocycles. The van der Waals surface area contributed by atoms with E-state index in [1.54, 1.807) is 55.1 Å². The van der Waals surface area contributed by atoms with Crippen LogP contribution in [0.3, 0.4) is 0 Å². The zero-order valence-electron chi connectivity index (χ0n) is 28.5. The van der Waals surface area contributed by atoms with Crippen LogP contribution >= 0.6 is 0 Å². The lowest BCUT2D eigenvalue weighted by Crippen LogP contribution is -2.50. The van der Waals surface area contributed by atoms with E-state index in [-0.39, 0.29) is 41.3 Å². The molecule has 4 aromatic rings. The van der Waals surface area contributed by atoms with Crippen LogP contribution in [0.25, 0.3) is 10.9 Å². The highest BCUT2D eigenvalue weighted by Crippen LogP contribution is 2.29. The van der Waals surface area contributed by atoms with Gasteiger partial charge in [0.05, 0.1) is 28.1 Å². The highest BCUT2D eigenvalue weighted by molar-refractivity contribution is 5.95. The molecule has 1 fully saturated rings. The van der Waals surface area contributed by atoms with E-state index >= 15 is 0 Å². The van der Waals surface area contributed by atoms with Crippen LogP contribution in [-0.2, 0) is 9.47 Å². The predicted octanol–water partition coefficient (Wildman–Crippen LogP) is 6.06. The van der Waals surface area contributed by atoms with Crippen LogP contribution in [0.5, 0.6) is 11.5 Å². The number of ether oxygens (including phenoxy) is 3.